The molecule has 122 valence electrons. The number of carbonyl (C=O) groups excluding carboxylic acids is 2. The number of aromatic nitrogens is 1. The number of Topliss-reactive ketones (excluding diaryl/α,β-unsaturated/α-hetero) is 2. The number of thiazole rings is 1. The van der Waals surface area contributed by atoms with Gasteiger partial charge in [0.25, 0.3) is 0 Å². The van der Waals surface area contributed by atoms with Crippen LogP contribution in [0.2, 0.25) is 0 Å². The third-order valence-electron chi connectivity index (χ3n) is 3.62. The highest BCUT2D eigenvalue weighted by Gasteiger charge is 2.33. The number of nitrogens with zero attached hydrogens (tertiary/aromatic N) is 3. The fourth-order valence-electron chi connectivity index (χ4n) is 2.46. The molecule has 4 rings (SSSR count). The number of benzene rings is 2. The first kappa shape index (κ1) is 16.1. The molecule has 0 radical (unpaired) electrons. The van der Waals surface area contributed by atoms with Crippen LogP contribution in [-0.2, 0) is 0 Å². The van der Waals surface area contributed by atoms with Crippen molar-refractivity contribution in [1.29, 1.82) is 0 Å². The lowest BCUT2D eigenvalue weighted by Gasteiger charge is -2.14. The average molecular weight is 388 g/mol. The Labute approximate surface area is 155 Å². The van der Waals surface area contributed by atoms with Crippen molar-refractivity contribution in [3.8, 4) is 0 Å². The first-order chi connectivity index (χ1) is 12.1. The monoisotopic (exact) mass is 387 g/mol. The lowest BCUT2D eigenvalue weighted by atomic mass is 9.94. The largest absolute Gasteiger partial charge is 0.288 e. The molecule has 0 N–H and O–H groups in total. The van der Waals surface area contributed by atoms with Gasteiger partial charge in [0.05, 0.1) is 21.5 Å². The van der Waals surface area contributed by atoms with Crippen molar-refractivity contribution in [1.82, 2.24) is 4.98 Å². The van der Waals surface area contributed by atoms with Crippen LogP contribution in [-0.4, -0.2) is 16.6 Å². The third-order valence-corrected chi connectivity index (χ3v) is 5.41. The highest BCUT2D eigenvalue weighted by Crippen LogP contribution is 2.39. The van der Waals surface area contributed by atoms with Crippen LogP contribution in [0.3, 0.4) is 0 Å². The van der Waals surface area contributed by atoms with Crippen LogP contribution in [0, 0.1) is 0 Å². The van der Waals surface area contributed by atoms with Crippen LogP contribution >= 0.6 is 34.5 Å². The van der Waals surface area contributed by atoms with Gasteiger partial charge in [-0.2, -0.15) is 0 Å². The number of carbonyl (C=O) groups is 2. The fourth-order valence-corrected chi connectivity index (χ4v) is 3.76. The van der Waals surface area contributed by atoms with Crippen LogP contribution in [0.25, 0.3) is 10.2 Å². The first-order valence-electron chi connectivity index (χ1n) is 7.11. The van der Waals surface area contributed by atoms with Gasteiger partial charge in [-0.25, -0.2) is 4.98 Å². The molecule has 3 aromatic rings. The fraction of sp³-hybridized carbons (Fsp3) is 0. The first-order valence-corrected chi connectivity index (χ1v) is 8.68. The second-order valence-electron chi connectivity index (χ2n) is 5.15. The van der Waals surface area contributed by atoms with Gasteiger partial charge in [0.2, 0.25) is 16.7 Å². The minimum absolute atomic E-state index is 0.218. The van der Waals surface area contributed by atoms with Crippen molar-refractivity contribution in [3.05, 3.63) is 63.7 Å². The highest BCUT2D eigenvalue weighted by molar-refractivity contribution is 7.22. The summed E-state index contributed by atoms with van der Waals surface area (Å²) in [5, 5.41) is 8.07. The Hall–Kier alpha value is -2.41. The predicted molar refractivity (Wildman–Crippen MR) is 97.6 cm³/mol. The van der Waals surface area contributed by atoms with Gasteiger partial charge < -0.3 is 0 Å². The number of hydrogen-bond acceptors (Lipinski definition) is 6. The number of rotatable bonds is 2. The molecular weight excluding hydrogens is 381 g/mol. The highest BCUT2D eigenvalue weighted by atomic mass is 35.5. The van der Waals surface area contributed by atoms with Gasteiger partial charge in [0.15, 0.2) is 0 Å². The van der Waals surface area contributed by atoms with Gasteiger partial charge >= 0.3 is 0 Å². The van der Waals surface area contributed by atoms with Gasteiger partial charge in [-0.3, -0.25) is 9.59 Å². The van der Waals surface area contributed by atoms with Crippen molar-refractivity contribution in [2.75, 3.05) is 0 Å². The maximum absolute atomic E-state index is 12.5. The Balaban J connectivity index is 1.83. The molecule has 0 aliphatic heterocycles. The molecule has 0 amide bonds. The van der Waals surface area contributed by atoms with E-state index in [-0.39, 0.29) is 21.2 Å². The van der Waals surface area contributed by atoms with Crippen LogP contribution in [0.5, 0.6) is 0 Å². The molecule has 0 unspecified atom stereocenters. The molecule has 1 aromatic heterocycles. The summed E-state index contributed by atoms with van der Waals surface area (Å²) in [6, 6.07) is 12.4. The number of azo groups is 1. The maximum atomic E-state index is 12.5. The Morgan fingerprint density at radius 1 is 0.880 bits per heavy atom. The van der Waals surface area contributed by atoms with E-state index in [1.807, 2.05) is 30.3 Å². The average Bonchev–Trinajstić information content (AvgIpc) is 3.06. The van der Waals surface area contributed by atoms with E-state index < -0.39 is 11.6 Å². The molecule has 0 spiro atoms. The SMILES string of the molecule is O=C1C(Cl)=C(Cl)C(=O)c2c1ccc1nc(N=Nc3ccccc3)sc21. The smallest absolute Gasteiger partial charge is 0.231 e. The molecule has 25 heavy (non-hydrogen) atoms. The molecule has 0 bridgehead atoms. The van der Waals surface area contributed by atoms with Gasteiger partial charge in [-0.05, 0) is 24.3 Å². The van der Waals surface area contributed by atoms with Crippen LogP contribution in [0.1, 0.15) is 20.7 Å². The summed E-state index contributed by atoms with van der Waals surface area (Å²) in [6.45, 7) is 0. The second-order valence-corrected chi connectivity index (χ2v) is 6.89. The summed E-state index contributed by atoms with van der Waals surface area (Å²) >= 11 is 12.9. The van der Waals surface area contributed by atoms with E-state index in [9.17, 15) is 9.59 Å². The molecule has 2 aromatic carbocycles. The van der Waals surface area contributed by atoms with Crippen LogP contribution in [0.15, 0.2) is 62.8 Å². The van der Waals surface area contributed by atoms with Gasteiger partial charge in [0, 0.05) is 5.56 Å². The van der Waals surface area contributed by atoms with Crippen molar-refractivity contribution in [2.24, 2.45) is 10.2 Å². The van der Waals surface area contributed by atoms with E-state index >= 15 is 0 Å². The Kier molecular flexibility index (Phi) is 3.95. The topological polar surface area (TPSA) is 71.8 Å². The predicted octanol–water partition coefficient (Wildman–Crippen LogP) is 5.78. The van der Waals surface area contributed by atoms with Crippen molar-refractivity contribution in [3.63, 3.8) is 0 Å². The maximum Gasteiger partial charge on any atom is 0.231 e. The van der Waals surface area contributed by atoms with E-state index in [1.165, 1.54) is 17.4 Å². The zero-order chi connectivity index (χ0) is 17.6. The summed E-state index contributed by atoms with van der Waals surface area (Å²) in [4.78, 5) is 29.1. The van der Waals surface area contributed by atoms with E-state index in [0.29, 0.717) is 21.0 Å². The van der Waals surface area contributed by atoms with Crippen molar-refractivity contribution >= 4 is 67.1 Å². The minimum Gasteiger partial charge on any atom is -0.288 e. The molecule has 0 fully saturated rings. The zero-order valence-electron chi connectivity index (χ0n) is 12.4. The minimum atomic E-state index is -0.484. The Morgan fingerprint density at radius 2 is 1.60 bits per heavy atom. The summed E-state index contributed by atoms with van der Waals surface area (Å²) in [5.41, 5.74) is 1.68. The molecule has 5 nitrogen and oxygen atoms in total. The molecule has 1 heterocycles. The molecule has 8 heteroatoms. The lowest BCUT2D eigenvalue weighted by Crippen LogP contribution is -2.17. The summed E-state index contributed by atoms with van der Waals surface area (Å²) in [5.74, 6) is -0.953. The number of hydrogen-bond donors (Lipinski definition) is 0. The van der Waals surface area contributed by atoms with Crippen LogP contribution < -0.4 is 0 Å². The van der Waals surface area contributed by atoms with Gasteiger partial charge in [0.1, 0.15) is 10.1 Å². The standard InChI is InChI=1S/C17H7Cl2N3O2S/c18-12-13(19)15(24)11-9(14(12)23)6-7-10-16(11)25-17(20-10)22-21-8-4-2-1-3-5-8/h1-7H. The quantitative estimate of drug-likeness (QED) is 0.523. The second kappa shape index (κ2) is 6.15. The van der Waals surface area contributed by atoms with Crippen molar-refractivity contribution < 1.29 is 9.59 Å². The van der Waals surface area contributed by atoms with Crippen molar-refractivity contribution in [2.45, 2.75) is 0 Å². The molecule has 0 atom stereocenters. The Bertz CT molecular complexity index is 1100. The lowest BCUT2D eigenvalue weighted by molar-refractivity contribution is 0.0988. The summed E-state index contributed by atoms with van der Waals surface area (Å²) < 4.78 is 0.542. The summed E-state index contributed by atoms with van der Waals surface area (Å²) in [7, 11) is 0. The molecule has 1 aliphatic carbocycles. The molecule has 0 saturated heterocycles. The third kappa shape index (κ3) is 2.68. The van der Waals surface area contributed by atoms with Gasteiger partial charge in [-0.15, -0.1) is 10.2 Å². The Morgan fingerprint density at radius 3 is 2.36 bits per heavy atom. The van der Waals surface area contributed by atoms with Crippen LogP contribution in [0.4, 0.5) is 10.8 Å². The molecular formula is C17H7Cl2N3O2S. The number of halogens is 2. The van der Waals surface area contributed by atoms with Gasteiger partial charge in [-0.1, -0.05) is 52.7 Å². The molecule has 0 saturated carbocycles. The van der Waals surface area contributed by atoms with E-state index in [4.69, 9.17) is 23.2 Å². The number of allylic oxidation sites excluding steroid dienone is 2. The summed E-state index contributed by atoms with van der Waals surface area (Å²) in [6.07, 6.45) is 0. The van der Waals surface area contributed by atoms with E-state index in [0.717, 1.165) is 0 Å². The number of ketones is 2. The zero-order valence-corrected chi connectivity index (χ0v) is 14.7. The van der Waals surface area contributed by atoms with E-state index in [1.54, 1.807) is 6.07 Å². The molecule has 1 aliphatic rings. The van der Waals surface area contributed by atoms with E-state index in [2.05, 4.69) is 15.2 Å². The number of fused-ring (bicyclic) bond motifs is 3. The normalized spacial score (nSPS) is 14.6.